The Kier molecular flexibility index (Phi) is 24.2. The zero-order valence-corrected chi connectivity index (χ0v) is 20.6. The first-order valence-corrected chi connectivity index (χ1v) is 11.2. The van der Waals surface area contributed by atoms with E-state index in [0.717, 1.165) is 23.7 Å². The molecule has 0 N–H and O–H groups in total. The van der Waals surface area contributed by atoms with Gasteiger partial charge in [0.15, 0.2) is 0 Å². The fourth-order valence-corrected chi connectivity index (χ4v) is 1.85. The second-order valence-electron chi connectivity index (χ2n) is 9.97. The lowest BCUT2D eigenvalue weighted by atomic mass is 10.0. The van der Waals surface area contributed by atoms with E-state index in [1.54, 1.807) is 0 Å². The van der Waals surface area contributed by atoms with Crippen LogP contribution in [0.4, 0.5) is 0 Å². The minimum absolute atomic E-state index is 0.706. The predicted octanol–water partition coefficient (Wildman–Crippen LogP) is 9.57. The number of hydrogen-bond donors (Lipinski definition) is 0. The fraction of sp³-hybridized carbons (Fsp3) is 0.846. The van der Waals surface area contributed by atoms with Crippen molar-refractivity contribution < 1.29 is 0 Å². The Labute approximate surface area is 168 Å². The van der Waals surface area contributed by atoms with E-state index in [4.69, 9.17) is 0 Å². The van der Waals surface area contributed by atoms with Crippen LogP contribution in [0.5, 0.6) is 0 Å². The van der Waals surface area contributed by atoms with Crippen molar-refractivity contribution in [3.63, 3.8) is 0 Å². The van der Waals surface area contributed by atoms with Gasteiger partial charge in [-0.3, -0.25) is 0 Å². The Balaban J connectivity index is -0.000000308. The predicted molar refractivity (Wildman–Crippen MR) is 126 cm³/mol. The lowest BCUT2D eigenvalue weighted by Crippen LogP contribution is -1.91. The highest BCUT2D eigenvalue weighted by atomic mass is 14.0. The van der Waals surface area contributed by atoms with Gasteiger partial charge in [0.25, 0.3) is 0 Å². The van der Waals surface area contributed by atoms with Crippen molar-refractivity contribution in [2.45, 2.75) is 109 Å². The fourth-order valence-electron chi connectivity index (χ4n) is 1.85. The highest BCUT2D eigenvalue weighted by Gasteiger charge is 1.95. The largest absolute Gasteiger partial charge is 0.0883 e. The Morgan fingerprint density at radius 2 is 0.692 bits per heavy atom. The van der Waals surface area contributed by atoms with Gasteiger partial charge in [-0.1, -0.05) is 120 Å². The minimum Gasteiger partial charge on any atom is -0.0883 e. The van der Waals surface area contributed by atoms with Gasteiger partial charge in [-0.05, 0) is 48.3 Å². The van der Waals surface area contributed by atoms with Crippen molar-refractivity contribution >= 4 is 0 Å². The van der Waals surface area contributed by atoms with Gasteiger partial charge in [0.05, 0.1) is 0 Å². The smallest absolute Gasteiger partial charge is 0.0290 e. The van der Waals surface area contributed by atoms with Crippen LogP contribution in [0.3, 0.4) is 0 Å². The first kappa shape index (κ1) is 30.2. The molecular formula is C26H54. The lowest BCUT2D eigenvalue weighted by molar-refractivity contribution is 0.476. The molecule has 0 aliphatic heterocycles. The van der Waals surface area contributed by atoms with E-state index in [1.165, 1.54) is 25.7 Å². The quantitative estimate of drug-likeness (QED) is 0.356. The maximum absolute atomic E-state index is 2.30. The van der Waals surface area contributed by atoms with Crippen LogP contribution < -0.4 is 0 Å². The molecule has 0 fully saturated rings. The Bertz CT molecular complexity index is 270. The van der Waals surface area contributed by atoms with Gasteiger partial charge < -0.3 is 0 Å². The SMILES string of the molecule is CC(C)/C=C/C(C)C.CC(C)C/C=C/CC(C)C.CC(C)CCC(C)C. The van der Waals surface area contributed by atoms with Crippen molar-refractivity contribution in [2.24, 2.45) is 35.5 Å². The van der Waals surface area contributed by atoms with Gasteiger partial charge in [-0.15, -0.1) is 0 Å². The van der Waals surface area contributed by atoms with Gasteiger partial charge in [0.2, 0.25) is 0 Å². The standard InChI is InChI=1S/C10H20.C8H18.C8H16/c1-9(2)7-5-6-8-10(3)4;2*1-7(2)5-6-8(3)4/h5-6,9-10H,7-8H2,1-4H3;7-8H,5-6H2,1-4H3;5-8H,1-4H3/b6-5+;;6-5+. The first-order chi connectivity index (χ1) is 11.9. The zero-order chi connectivity index (χ0) is 21.1. The summed E-state index contributed by atoms with van der Waals surface area (Å²) in [6.07, 6.45) is 14.3. The molecule has 0 heteroatoms. The van der Waals surface area contributed by atoms with Crippen molar-refractivity contribution in [3.05, 3.63) is 24.3 Å². The molecule has 0 radical (unpaired) electrons. The summed E-state index contributed by atoms with van der Waals surface area (Å²) >= 11 is 0. The first-order valence-electron chi connectivity index (χ1n) is 11.2. The third kappa shape index (κ3) is 43.7. The summed E-state index contributed by atoms with van der Waals surface area (Å²) in [7, 11) is 0. The van der Waals surface area contributed by atoms with Gasteiger partial charge in [-0.25, -0.2) is 0 Å². The molecule has 0 nitrogen and oxygen atoms in total. The molecule has 158 valence electrons. The van der Waals surface area contributed by atoms with Crippen molar-refractivity contribution in [1.29, 1.82) is 0 Å². The van der Waals surface area contributed by atoms with Crippen LogP contribution in [0.1, 0.15) is 109 Å². The van der Waals surface area contributed by atoms with Crippen LogP contribution in [0.25, 0.3) is 0 Å². The molecule has 0 unspecified atom stereocenters. The van der Waals surface area contributed by atoms with Crippen LogP contribution in [-0.4, -0.2) is 0 Å². The maximum atomic E-state index is 2.30. The van der Waals surface area contributed by atoms with E-state index in [2.05, 4.69) is 107 Å². The van der Waals surface area contributed by atoms with E-state index >= 15 is 0 Å². The Morgan fingerprint density at radius 1 is 0.423 bits per heavy atom. The van der Waals surface area contributed by atoms with E-state index in [0.29, 0.717) is 11.8 Å². The van der Waals surface area contributed by atoms with Crippen LogP contribution >= 0.6 is 0 Å². The molecule has 0 amide bonds. The highest BCUT2D eigenvalue weighted by molar-refractivity contribution is 4.86. The van der Waals surface area contributed by atoms with Gasteiger partial charge in [-0.2, -0.15) is 0 Å². The average Bonchev–Trinajstić information content (AvgIpc) is 2.48. The Hall–Kier alpha value is -0.520. The number of allylic oxidation sites excluding steroid dienone is 4. The van der Waals surface area contributed by atoms with Gasteiger partial charge >= 0.3 is 0 Å². The molecule has 0 heterocycles. The summed E-state index contributed by atoms with van der Waals surface area (Å²) in [5, 5.41) is 0. The summed E-state index contributed by atoms with van der Waals surface area (Å²) in [6.45, 7) is 26.9. The van der Waals surface area contributed by atoms with Gasteiger partial charge in [0.1, 0.15) is 0 Å². The van der Waals surface area contributed by atoms with E-state index < -0.39 is 0 Å². The molecule has 0 saturated heterocycles. The van der Waals surface area contributed by atoms with E-state index in [-0.39, 0.29) is 0 Å². The topological polar surface area (TPSA) is 0 Å². The molecule has 0 spiro atoms. The second kappa shape index (κ2) is 20.8. The average molecular weight is 367 g/mol. The summed E-state index contributed by atoms with van der Waals surface area (Å²) in [4.78, 5) is 0. The molecule has 0 rings (SSSR count). The molecule has 0 aliphatic carbocycles. The Morgan fingerprint density at radius 3 is 0.846 bits per heavy atom. The van der Waals surface area contributed by atoms with Crippen molar-refractivity contribution in [3.8, 4) is 0 Å². The third-order valence-corrected chi connectivity index (χ3v) is 3.58. The molecule has 0 atom stereocenters. The van der Waals surface area contributed by atoms with E-state index in [1.807, 2.05) is 0 Å². The van der Waals surface area contributed by atoms with Gasteiger partial charge in [0, 0.05) is 0 Å². The minimum atomic E-state index is 0.706. The van der Waals surface area contributed by atoms with Crippen LogP contribution in [0, 0.1) is 35.5 Å². The van der Waals surface area contributed by atoms with Crippen LogP contribution in [-0.2, 0) is 0 Å². The van der Waals surface area contributed by atoms with Crippen molar-refractivity contribution in [2.75, 3.05) is 0 Å². The number of hydrogen-bond acceptors (Lipinski definition) is 0. The van der Waals surface area contributed by atoms with Crippen LogP contribution in [0.2, 0.25) is 0 Å². The molecule has 26 heavy (non-hydrogen) atoms. The molecule has 0 aromatic carbocycles. The monoisotopic (exact) mass is 366 g/mol. The lowest BCUT2D eigenvalue weighted by Gasteiger charge is -2.05. The second-order valence-corrected chi connectivity index (χ2v) is 9.97. The highest BCUT2D eigenvalue weighted by Crippen LogP contribution is 2.09. The van der Waals surface area contributed by atoms with Crippen LogP contribution in [0.15, 0.2) is 24.3 Å². The number of rotatable bonds is 9. The third-order valence-electron chi connectivity index (χ3n) is 3.58. The molecule has 0 saturated carbocycles. The normalized spacial score (nSPS) is 11.9. The summed E-state index contributed by atoms with van der Waals surface area (Å²) in [6, 6.07) is 0. The molecule has 0 aromatic rings. The molecule has 0 bridgehead atoms. The van der Waals surface area contributed by atoms with Crippen molar-refractivity contribution in [1.82, 2.24) is 0 Å². The summed E-state index contributed by atoms with van der Waals surface area (Å²) in [5.41, 5.74) is 0. The maximum Gasteiger partial charge on any atom is -0.0290 e. The molecular weight excluding hydrogens is 312 g/mol. The summed E-state index contributed by atoms with van der Waals surface area (Å²) < 4.78 is 0. The molecule has 0 aliphatic rings. The van der Waals surface area contributed by atoms with E-state index in [9.17, 15) is 0 Å². The summed E-state index contributed by atoms with van der Waals surface area (Å²) in [5.74, 6) is 4.80. The zero-order valence-electron chi connectivity index (χ0n) is 20.6. The molecule has 0 aromatic heterocycles.